The van der Waals surface area contributed by atoms with Crippen molar-refractivity contribution in [3.8, 4) is 0 Å². The van der Waals surface area contributed by atoms with Crippen LogP contribution in [0.5, 0.6) is 0 Å². The van der Waals surface area contributed by atoms with Gasteiger partial charge in [0.15, 0.2) is 0 Å². The smallest absolute Gasteiger partial charge is 0.316 e. The minimum atomic E-state index is -0.982. The molecule has 146 valence electrons. The van der Waals surface area contributed by atoms with Crippen LogP contribution >= 0.6 is 23.2 Å². The molecule has 0 aliphatic carbocycles. The molecule has 1 aliphatic rings. The number of carbonyl (C=O) groups is 1. The maximum atomic E-state index is 12.5. The number of nitrogens with one attached hydrogen (secondary N) is 1. The molecule has 1 fully saturated rings. The fraction of sp³-hybridized carbons (Fsp3) is 0.611. The van der Waals surface area contributed by atoms with Gasteiger partial charge in [0.1, 0.15) is 0 Å². The lowest BCUT2D eigenvalue weighted by Crippen LogP contribution is -2.45. The van der Waals surface area contributed by atoms with E-state index in [4.69, 9.17) is 27.9 Å². The predicted molar refractivity (Wildman–Crippen MR) is 107 cm³/mol. The summed E-state index contributed by atoms with van der Waals surface area (Å²) in [4.78, 5) is 14.8. The molecule has 1 aliphatic heterocycles. The molecule has 1 N–H and O–H groups in total. The standard InChI is InChI=1S/C18H26Cl2N2O3S/c1-18(17(23)25-2,13-4-5-15(19)16(20)12-13)8-11-22-9-6-14(7-10-22)21-26(3)24/h4-5,12,14,21H,6-11H2,1-3H3. The zero-order chi connectivity index (χ0) is 19.3. The molecule has 26 heavy (non-hydrogen) atoms. The topological polar surface area (TPSA) is 58.6 Å². The van der Waals surface area contributed by atoms with Gasteiger partial charge in [0.05, 0.1) is 33.6 Å². The van der Waals surface area contributed by atoms with Crippen molar-refractivity contribution in [3.05, 3.63) is 33.8 Å². The van der Waals surface area contributed by atoms with Crippen molar-refractivity contribution in [1.29, 1.82) is 0 Å². The summed E-state index contributed by atoms with van der Waals surface area (Å²) in [5.74, 6) is -0.283. The Morgan fingerprint density at radius 1 is 1.35 bits per heavy atom. The predicted octanol–water partition coefficient (Wildman–Crippen LogP) is 3.16. The molecule has 0 amide bonds. The summed E-state index contributed by atoms with van der Waals surface area (Å²) in [6.45, 7) is 4.47. The molecule has 0 radical (unpaired) electrons. The molecule has 0 saturated carbocycles. The number of halogens is 2. The van der Waals surface area contributed by atoms with Crippen LogP contribution in [0.15, 0.2) is 18.2 Å². The monoisotopic (exact) mass is 420 g/mol. The molecule has 8 heteroatoms. The van der Waals surface area contributed by atoms with E-state index >= 15 is 0 Å². The Kier molecular flexibility index (Phi) is 7.91. The molecule has 5 nitrogen and oxygen atoms in total. The summed E-state index contributed by atoms with van der Waals surface area (Å²) in [6.07, 6.45) is 4.17. The molecule has 1 aromatic rings. The Balaban J connectivity index is 2.04. The Morgan fingerprint density at radius 2 is 2.00 bits per heavy atom. The molecule has 1 heterocycles. The van der Waals surface area contributed by atoms with Crippen LogP contribution in [0.1, 0.15) is 31.7 Å². The van der Waals surface area contributed by atoms with Crippen molar-refractivity contribution < 1.29 is 13.7 Å². The molecular weight excluding hydrogens is 395 g/mol. The Bertz CT molecular complexity index is 666. The molecule has 1 saturated heterocycles. The molecule has 1 aromatic carbocycles. The second-order valence-electron chi connectivity index (χ2n) is 6.89. The lowest BCUT2D eigenvalue weighted by Gasteiger charge is -2.35. The van der Waals surface area contributed by atoms with Crippen LogP contribution in [-0.4, -0.2) is 54.1 Å². The van der Waals surface area contributed by atoms with Crippen LogP contribution in [-0.2, 0) is 25.9 Å². The van der Waals surface area contributed by atoms with Crippen LogP contribution in [0.3, 0.4) is 0 Å². The number of ether oxygens (including phenoxy) is 1. The number of esters is 1. The van der Waals surface area contributed by atoms with Crippen molar-refractivity contribution in [2.75, 3.05) is 33.0 Å². The summed E-state index contributed by atoms with van der Waals surface area (Å²) < 4.78 is 19.4. The molecule has 0 bridgehead atoms. The van der Waals surface area contributed by atoms with Gasteiger partial charge in [-0.15, -0.1) is 0 Å². The van der Waals surface area contributed by atoms with Crippen molar-refractivity contribution in [2.24, 2.45) is 0 Å². The van der Waals surface area contributed by atoms with Gasteiger partial charge >= 0.3 is 5.97 Å². The number of piperidine rings is 1. The molecule has 0 aromatic heterocycles. The van der Waals surface area contributed by atoms with Crippen LogP contribution in [0.4, 0.5) is 0 Å². The summed E-state index contributed by atoms with van der Waals surface area (Å²) in [6, 6.07) is 5.58. The number of methoxy groups -OCH3 is 1. The minimum absolute atomic E-state index is 0.283. The van der Waals surface area contributed by atoms with E-state index < -0.39 is 16.4 Å². The Morgan fingerprint density at radius 3 is 2.54 bits per heavy atom. The van der Waals surface area contributed by atoms with Crippen molar-refractivity contribution in [3.63, 3.8) is 0 Å². The number of hydrogen-bond acceptors (Lipinski definition) is 4. The van der Waals surface area contributed by atoms with Gasteiger partial charge in [-0.1, -0.05) is 29.3 Å². The van der Waals surface area contributed by atoms with Gasteiger partial charge in [-0.3, -0.25) is 4.79 Å². The van der Waals surface area contributed by atoms with E-state index in [1.165, 1.54) is 7.11 Å². The number of hydrogen-bond donors (Lipinski definition) is 1. The molecule has 2 rings (SSSR count). The number of benzene rings is 1. The highest BCUT2D eigenvalue weighted by Gasteiger charge is 2.37. The van der Waals surface area contributed by atoms with Crippen molar-refractivity contribution >= 4 is 40.2 Å². The average Bonchev–Trinajstić information content (AvgIpc) is 2.62. The van der Waals surface area contributed by atoms with E-state index in [1.807, 2.05) is 13.0 Å². The maximum absolute atomic E-state index is 12.5. The lowest BCUT2D eigenvalue weighted by atomic mass is 9.79. The lowest BCUT2D eigenvalue weighted by molar-refractivity contribution is -0.147. The largest absolute Gasteiger partial charge is 0.468 e. The second kappa shape index (κ2) is 9.51. The van der Waals surface area contributed by atoms with Gasteiger partial charge in [-0.2, -0.15) is 0 Å². The van der Waals surface area contributed by atoms with Crippen LogP contribution < -0.4 is 4.72 Å². The highest BCUT2D eigenvalue weighted by molar-refractivity contribution is 7.82. The van der Waals surface area contributed by atoms with Gasteiger partial charge in [0.25, 0.3) is 0 Å². The van der Waals surface area contributed by atoms with Crippen molar-refractivity contribution in [2.45, 2.75) is 37.6 Å². The number of rotatable bonds is 7. The number of likely N-dealkylation sites (tertiary alicyclic amines) is 1. The normalized spacial score (nSPS) is 19.7. The zero-order valence-corrected chi connectivity index (χ0v) is 17.7. The minimum Gasteiger partial charge on any atom is -0.468 e. The van der Waals surface area contributed by atoms with Gasteiger partial charge in [-0.25, -0.2) is 8.93 Å². The highest BCUT2D eigenvalue weighted by atomic mass is 35.5. The summed E-state index contributed by atoms with van der Waals surface area (Å²) >= 11 is 12.2. The quantitative estimate of drug-likeness (QED) is 0.688. The third kappa shape index (κ3) is 5.42. The third-order valence-corrected chi connectivity index (χ3v) is 6.45. The van der Waals surface area contributed by atoms with E-state index in [2.05, 4.69) is 9.62 Å². The molecule has 2 unspecified atom stereocenters. The van der Waals surface area contributed by atoms with E-state index in [-0.39, 0.29) is 5.97 Å². The summed E-state index contributed by atoms with van der Waals surface area (Å²) in [5.41, 5.74) is 0.0138. The van der Waals surface area contributed by atoms with Gasteiger partial charge in [0, 0.05) is 12.3 Å². The zero-order valence-electron chi connectivity index (χ0n) is 15.4. The molecule has 2 atom stereocenters. The van der Waals surface area contributed by atoms with Gasteiger partial charge in [0.2, 0.25) is 0 Å². The van der Waals surface area contributed by atoms with Gasteiger partial charge in [-0.05, 0) is 63.5 Å². The van der Waals surface area contributed by atoms with Crippen LogP contribution in [0.25, 0.3) is 0 Å². The highest BCUT2D eigenvalue weighted by Crippen LogP contribution is 2.34. The van der Waals surface area contributed by atoms with E-state index in [0.717, 1.165) is 38.0 Å². The fourth-order valence-corrected chi connectivity index (χ4v) is 4.32. The first-order chi connectivity index (χ1) is 12.3. The van der Waals surface area contributed by atoms with E-state index in [1.54, 1.807) is 18.4 Å². The fourth-order valence-electron chi connectivity index (χ4n) is 3.32. The first kappa shape index (κ1) is 21.6. The second-order valence-corrected chi connectivity index (χ2v) is 8.85. The SMILES string of the molecule is COC(=O)C(C)(CCN1CCC(NS(C)=O)CC1)c1ccc(Cl)c(Cl)c1. The molecule has 0 spiro atoms. The maximum Gasteiger partial charge on any atom is 0.316 e. The van der Waals surface area contributed by atoms with E-state index in [0.29, 0.717) is 22.5 Å². The number of carbonyl (C=O) groups excluding carboxylic acids is 1. The Labute approximate surface area is 168 Å². The summed E-state index contributed by atoms with van der Waals surface area (Å²) in [5, 5.41) is 0.893. The molecular formula is C18H26Cl2N2O3S. The van der Waals surface area contributed by atoms with Gasteiger partial charge < -0.3 is 9.64 Å². The average molecular weight is 421 g/mol. The Hall–Kier alpha value is -0.660. The summed E-state index contributed by atoms with van der Waals surface area (Å²) in [7, 11) is 0.421. The van der Waals surface area contributed by atoms with E-state index in [9.17, 15) is 9.00 Å². The third-order valence-electron chi connectivity index (χ3n) is 5.04. The first-order valence-electron chi connectivity index (χ1n) is 8.62. The van der Waals surface area contributed by atoms with Crippen molar-refractivity contribution in [1.82, 2.24) is 9.62 Å². The van der Waals surface area contributed by atoms with Crippen LogP contribution in [0, 0.1) is 0 Å². The number of nitrogens with zero attached hydrogens (tertiary/aromatic N) is 1. The first-order valence-corrected chi connectivity index (χ1v) is 10.9. The van der Waals surface area contributed by atoms with Crippen LogP contribution in [0.2, 0.25) is 10.0 Å².